The molecule has 2 N–H and O–H groups in total. The SMILES string of the molecule is CC(C)(C)c1cc(-c2ccc[nH]c2=O)cc(C2CC2c2ccc(NS(C)(=O)=O)cc2)c1. The third kappa shape index (κ3) is 4.90. The molecule has 1 aliphatic rings. The van der Waals surface area contributed by atoms with Crippen molar-refractivity contribution < 1.29 is 8.42 Å². The van der Waals surface area contributed by atoms with Gasteiger partial charge in [-0.15, -0.1) is 0 Å². The Morgan fingerprint density at radius 2 is 1.65 bits per heavy atom. The quantitative estimate of drug-likeness (QED) is 0.592. The highest BCUT2D eigenvalue weighted by atomic mass is 32.2. The van der Waals surface area contributed by atoms with Crippen LogP contribution < -0.4 is 10.3 Å². The van der Waals surface area contributed by atoms with Crippen molar-refractivity contribution in [1.82, 2.24) is 4.98 Å². The smallest absolute Gasteiger partial charge is 0.255 e. The minimum absolute atomic E-state index is 0.0321. The summed E-state index contributed by atoms with van der Waals surface area (Å²) in [5.41, 5.74) is 5.74. The largest absolute Gasteiger partial charge is 0.329 e. The van der Waals surface area contributed by atoms with E-state index in [9.17, 15) is 13.2 Å². The number of nitrogens with one attached hydrogen (secondary N) is 2. The van der Waals surface area contributed by atoms with Crippen LogP contribution in [-0.4, -0.2) is 19.7 Å². The molecule has 2 atom stereocenters. The van der Waals surface area contributed by atoms with E-state index < -0.39 is 10.0 Å². The van der Waals surface area contributed by atoms with Crippen molar-refractivity contribution in [1.29, 1.82) is 0 Å². The number of aromatic nitrogens is 1. The molecule has 1 fully saturated rings. The van der Waals surface area contributed by atoms with Gasteiger partial charge in [0.2, 0.25) is 10.0 Å². The van der Waals surface area contributed by atoms with E-state index >= 15 is 0 Å². The molecule has 1 aliphatic carbocycles. The van der Waals surface area contributed by atoms with Crippen molar-refractivity contribution in [2.75, 3.05) is 11.0 Å². The summed E-state index contributed by atoms with van der Waals surface area (Å²) in [6.07, 6.45) is 3.84. The first kappa shape index (κ1) is 21.4. The number of benzene rings is 2. The first-order valence-corrected chi connectivity index (χ1v) is 12.3. The highest BCUT2D eigenvalue weighted by Gasteiger charge is 2.40. The lowest BCUT2D eigenvalue weighted by Gasteiger charge is -2.21. The molecule has 1 saturated carbocycles. The standard InChI is InChI=1S/C25H28N2O3S/c1-25(2,3)19-13-17(21-6-5-11-26-24(21)28)12-18(14-19)23-15-22(23)16-7-9-20(10-8-16)27-31(4,29)30/h5-14,22-23,27H,15H2,1-4H3,(H,26,28). The van der Waals surface area contributed by atoms with Gasteiger partial charge in [-0.2, -0.15) is 0 Å². The molecule has 0 aliphatic heterocycles. The summed E-state index contributed by atoms with van der Waals surface area (Å²) in [5.74, 6) is 0.780. The summed E-state index contributed by atoms with van der Waals surface area (Å²) in [6.45, 7) is 6.55. The molecule has 31 heavy (non-hydrogen) atoms. The van der Waals surface area contributed by atoms with Crippen LogP contribution in [0, 0.1) is 0 Å². The van der Waals surface area contributed by atoms with Crippen LogP contribution in [0.5, 0.6) is 0 Å². The summed E-state index contributed by atoms with van der Waals surface area (Å²) in [4.78, 5) is 15.2. The van der Waals surface area contributed by atoms with Crippen LogP contribution in [0.15, 0.2) is 65.6 Å². The van der Waals surface area contributed by atoms with Crippen LogP contribution in [0.3, 0.4) is 0 Å². The maximum atomic E-state index is 12.4. The second-order valence-electron chi connectivity index (χ2n) is 9.45. The highest BCUT2D eigenvalue weighted by molar-refractivity contribution is 7.92. The number of hydrogen-bond acceptors (Lipinski definition) is 3. The molecule has 4 rings (SSSR count). The van der Waals surface area contributed by atoms with E-state index in [2.05, 4.69) is 48.7 Å². The van der Waals surface area contributed by atoms with Gasteiger partial charge in [0, 0.05) is 17.4 Å². The molecule has 0 spiro atoms. The fourth-order valence-corrected chi connectivity index (χ4v) is 4.61. The van der Waals surface area contributed by atoms with E-state index in [4.69, 9.17) is 0 Å². The molecule has 2 aromatic carbocycles. The Bertz CT molecular complexity index is 1270. The average Bonchev–Trinajstić information content (AvgIpc) is 3.47. The lowest BCUT2D eigenvalue weighted by molar-refractivity contribution is 0.589. The van der Waals surface area contributed by atoms with Gasteiger partial charge in [0.25, 0.3) is 5.56 Å². The normalized spacial score (nSPS) is 18.6. The average molecular weight is 437 g/mol. The number of hydrogen-bond donors (Lipinski definition) is 2. The topological polar surface area (TPSA) is 79.0 Å². The predicted octanol–water partition coefficient (Wildman–Crippen LogP) is 4.98. The molecule has 6 heteroatoms. The number of sulfonamides is 1. The monoisotopic (exact) mass is 436 g/mol. The molecule has 0 amide bonds. The van der Waals surface area contributed by atoms with Gasteiger partial charge >= 0.3 is 0 Å². The first-order valence-electron chi connectivity index (χ1n) is 10.4. The third-order valence-corrected chi connectivity index (χ3v) is 6.42. The second kappa shape index (κ2) is 7.68. The van der Waals surface area contributed by atoms with E-state index in [0.717, 1.165) is 18.2 Å². The molecule has 0 bridgehead atoms. The molecular formula is C25H28N2O3S. The molecular weight excluding hydrogens is 408 g/mol. The molecule has 3 aromatic rings. The van der Waals surface area contributed by atoms with Crippen molar-refractivity contribution in [2.24, 2.45) is 0 Å². The van der Waals surface area contributed by atoms with E-state index in [0.29, 0.717) is 23.1 Å². The summed E-state index contributed by atoms with van der Waals surface area (Å²) in [7, 11) is -3.28. The van der Waals surface area contributed by atoms with Crippen molar-refractivity contribution in [3.8, 4) is 11.1 Å². The summed E-state index contributed by atoms with van der Waals surface area (Å²) in [6, 6.07) is 17.9. The van der Waals surface area contributed by atoms with Crippen molar-refractivity contribution in [2.45, 2.75) is 44.4 Å². The molecule has 0 radical (unpaired) electrons. The second-order valence-corrected chi connectivity index (χ2v) is 11.2. The zero-order valence-corrected chi connectivity index (χ0v) is 19.1. The fourth-order valence-electron chi connectivity index (χ4n) is 4.05. The van der Waals surface area contributed by atoms with Gasteiger partial charge in [-0.1, -0.05) is 51.1 Å². The Balaban J connectivity index is 1.65. The molecule has 1 heterocycles. The van der Waals surface area contributed by atoms with Crippen LogP contribution in [0.1, 0.15) is 55.7 Å². The zero-order valence-electron chi connectivity index (χ0n) is 18.3. The van der Waals surface area contributed by atoms with Crippen LogP contribution >= 0.6 is 0 Å². The maximum absolute atomic E-state index is 12.4. The van der Waals surface area contributed by atoms with Crippen molar-refractivity contribution in [3.05, 3.63) is 87.8 Å². The van der Waals surface area contributed by atoms with Gasteiger partial charge in [-0.3, -0.25) is 9.52 Å². The molecule has 2 unspecified atom stereocenters. The summed E-state index contributed by atoms with van der Waals surface area (Å²) in [5, 5.41) is 0. The van der Waals surface area contributed by atoms with Crippen molar-refractivity contribution >= 4 is 15.7 Å². The third-order valence-electron chi connectivity index (χ3n) is 5.81. The summed E-state index contributed by atoms with van der Waals surface area (Å²) >= 11 is 0. The number of rotatable bonds is 5. The number of pyridine rings is 1. The highest BCUT2D eigenvalue weighted by Crippen LogP contribution is 2.55. The van der Waals surface area contributed by atoms with Crippen LogP contribution in [-0.2, 0) is 15.4 Å². The van der Waals surface area contributed by atoms with Gasteiger partial charge in [0.1, 0.15) is 0 Å². The molecule has 5 nitrogen and oxygen atoms in total. The van der Waals surface area contributed by atoms with Crippen LogP contribution in [0.4, 0.5) is 5.69 Å². The van der Waals surface area contributed by atoms with Crippen LogP contribution in [0.25, 0.3) is 11.1 Å². The van der Waals surface area contributed by atoms with Gasteiger partial charge in [0.05, 0.1) is 6.26 Å². The number of anilines is 1. The van der Waals surface area contributed by atoms with E-state index in [1.54, 1.807) is 6.20 Å². The Labute approximate surface area is 183 Å². The Morgan fingerprint density at radius 1 is 0.968 bits per heavy atom. The van der Waals surface area contributed by atoms with E-state index in [1.165, 1.54) is 16.7 Å². The van der Waals surface area contributed by atoms with E-state index in [1.807, 2.05) is 36.4 Å². The molecule has 1 aromatic heterocycles. The molecule has 162 valence electrons. The zero-order chi connectivity index (χ0) is 22.4. The number of H-pyrrole nitrogens is 1. The fraction of sp³-hybridized carbons (Fsp3) is 0.320. The Morgan fingerprint density at radius 3 is 2.26 bits per heavy atom. The van der Waals surface area contributed by atoms with Gasteiger partial charge in [-0.05, 0) is 70.2 Å². The minimum atomic E-state index is -3.28. The predicted molar refractivity (Wildman–Crippen MR) is 126 cm³/mol. The Hall–Kier alpha value is -2.86. The number of aromatic amines is 1. The van der Waals surface area contributed by atoms with Gasteiger partial charge < -0.3 is 4.98 Å². The Kier molecular flexibility index (Phi) is 5.30. The van der Waals surface area contributed by atoms with Gasteiger partial charge in [0.15, 0.2) is 0 Å². The lowest BCUT2D eigenvalue weighted by atomic mass is 9.83. The van der Waals surface area contributed by atoms with Gasteiger partial charge in [-0.25, -0.2) is 8.42 Å². The molecule has 0 saturated heterocycles. The van der Waals surface area contributed by atoms with Crippen molar-refractivity contribution in [3.63, 3.8) is 0 Å². The van der Waals surface area contributed by atoms with E-state index in [-0.39, 0.29) is 11.0 Å². The first-order chi connectivity index (χ1) is 14.5. The maximum Gasteiger partial charge on any atom is 0.255 e. The van der Waals surface area contributed by atoms with Crippen LogP contribution in [0.2, 0.25) is 0 Å². The minimum Gasteiger partial charge on any atom is -0.329 e. The lowest BCUT2D eigenvalue weighted by Crippen LogP contribution is -2.13. The summed E-state index contributed by atoms with van der Waals surface area (Å²) < 4.78 is 25.3.